The van der Waals surface area contributed by atoms with E-state index in [1.807, 2.05) is 19.9 Å². The molecule has 0 saturated carbocycles. The van der Waals surface area contributed by atoms with Gasteiger partial charge in [0.05, 0.1) is 0 Å². The van der Waals surface area contributed by atoms with Crippen LogP contribution in [0.15, 0.2) is 18.2 Å². The maximum Gasteiger partial charge on any atom is 0.157 e. The minimum absolute atomic E-state index is 0. The van der Waals surface area contributed by atoms with Crippen molar-refractivity contribution in [3.63, 3.8) is 0 Å². The fraction of sp³-hybridized carbons (Fsp3) is 0.600. The number of phenolic OH excluding ortho intramolecular Hbond substituents is 2. The molecule has 1 fully saturated rings. The fourth-order valence-corrected chi connectivity index (χ4v) is 2.89. The van der Waals surface area contributed by atoms with Crippen molar-refractivity contribution in [2.24, 2.45) is 5.41 Å². The number of nitrogens with zero attached hydrogens (tertiary/aromatic N) is 1. The van der Waals surface area contributed by atoms with E-state index >= 15 is 0 Å². The Kier molecular flexibility index (Phi) is 6.28. The van der Waals surface area contributed by atoms with E-state index in [4.69, 9.17) is 0 Å². The van der Waals surface area contributed by atoms with Gasteiger partial charge in [0.15, 0.2) is 11.5 Å². The topological polar surface area (TPSA) is 76.0 Å². The summed E-state index contributed by atoms with van der Waals surface area (Å²) in [5, 5.41) is 32.3. The second-order valence-corrected chi connectivity index (χ2v) is 6.08. The molecule has 1 aliphatic rings. The lowest BCUT2D eigenvalue weighted by molar-refractivity contribution is 0.0304. The monoisotopic (exact) mass is 316 g/mol. The minimum Gasteiger partial charge on any atom is -0.504 e. The highest BCUT2D eigenvalue weighted by molar-refractivity contribution is 5.85. The summed E-state index contributed by atoms with van der Waals surface area (Å²) in [6.07, 6.45) is 0. The summed E-state index contributed by atoms with van der Waals surface area (Å²) in [5.74, 6) is -0.231. The molecule has 2 rings (SSSR count). The number of phenols is 2. The maximum atomic E-state index is 9.74. The van der Waals surface area contributed by atoms with Crippen LogP contribution in [0.2, 0.25) is 0 Å². The molecule has 0 amide bonds. The van der Waals surface area contributed by atoms with Gasteiger partial charge in [-0.05, 0) is 17.7 Å². The molecule has 0 bridgehead atoms. The lowest BCUT2D eigenvalue weighted by Gasteiger charge is -2.43. The Hall–Kier alpha value is -1.01. The Morgan fingerprint density at radius 2 is 1.81 bits per heavy atom. The first-order valence-electron chi connectivity index (χ1n) is 7.03. The minimum atomic E-state index is -0.333. The molecule has 1 heterocycles. The Labute approximate surface area is 132 Å². The van der Waals surface area contributed by atoms with Gasteiger partial charge < -0.3 is 20.6 Å². The molecule has 0 spiro atoms. The molecule has 1 aromatic carbocycles. The van der Waals surface area contributed by atoms with Gasteiger partial charge in [0.2, 0.25) is 0 Å². The lowest BCUT2D eigenvalue weighted by Crippen LogP contribution is -2.49. The summed E-state index contributed by atoms with van der Waals surface area (Å²) in [6, 6.07) is 4.92. The molecule has 0 aromatic heterocycles. The summed E-state index contributed by atoms with van der Waals surface area (Å²) < 4.78 is 0. The maximum absolute atomic E-state index is 9.74. The highest BCUT2D eigenvalue weighted by atomic mass is 35.5. The van der Waals surface area contributed by atoms with Crippen LogP contribution < -0.4 is 5.32 Å². The summed E-state index contributed by atoms with van der Waals surface area (Å²) in [5.41, 5.74) is 0.585. The zero-order valence-electron chi connectivity index (χ0n) is 12.5. The number of benzene rings is 1. The molecule has 120 valence electrons. The van der Waals surface area contributed by atoms with E-state index < -0.39 is 0 Å². The molecule has 1 saturated heterocycles. The molecule has 4 N–H and O–H groups in total. The average molecular weight is 317 g/mol. The van der Waals surface area contributed by atoms with Crippen LogP contribution in [-0.2, 0) is 0 Å². The standard InChI is InChI=1S/C15H24N2O3.ClH/c1-15(2,10-18)14(17-7-5-16-6-8-17)11-3-4-12(19)13(20)9-11;/h3-4,9,14,16,18-20H,5-8,10H2,1-2H3;1H/t14-;/m1./s1. The first-order chi connectivity index (χ1) is 9.45. The van der Waals surface area contributed by atoms with Crippen LogP contribution in [0.25, 0.3) is 0 Å². The third-order valence-corrected chi connectivity index (χ3v) is 3.98. The molecule has 6 heteroatoms. The molecule has 1 aliphatic heterocycles. The molecular formula is C15H25ClN2O3. The average Bonchev–Trinajstić information content (AvgIpc) is 2.44. The van der Waals surface area contributed by atoms with Crippen LogP contribution >= 0.6 is 12.4 Å². The van der Waals surface area contributed by atoms with Crippen LogP contribution in [-0.4, -0.2) is 53.0 Å². The summed E-state index contributed by atoms with van der Waals surface area (Å²) in [7, 11) is 0. The van der Waals surface area contributed by atoms with Crippen molar-refractivity contribution in [3.8, 4) is 11.5 Å². The van der Waals surface area contributed by atoms with Crippen molar-refractivity contribution in [1.29, 1.82) is 0 Å². The van der Waals surface area contributed by atoms with Gasteiger partial charge in [-0.15, -0.1) is 12.4 Å². The molecule has 1 aromatic rings. The Balaban J connectivity index is 0.00000220. The zero-order valence-corrected chi connectivity index (χ0v) is 13.4. The lowest BCUT2D eigenvalue weighted by atomic mass is 9.79. The second-order valence-electron chi connectivity index (χ2n) is 6.08. The normalized spacial score (nSPS) is 18.0. The number of halogens is 1. The van der Waals surface area contributed by atoms with E-state index in [2.05, 4.69) is 10.2 Å². The van der Waals surface area contributed by atoms with Crippen molar-refractivity contribution in [3.05, 3.63) is 23.8 Å². The van der Waals surface area contributed by atoms with E-state index in [1.165, 1.54) is 6.07 Å². The van der Waals surface area contributed by atoms with Gasteiger partial charge in [0, 0.05) is 44.2 Å². The number of nitrogens with one attached hydrogen (secondary N) is 1. The SMILES string of the molecule is CC(C)(CO)[C@@H](c1ccc(O)c(O)c1)N1CCNCC1.Cl. The number of aliphatic hydroxyl groups is 1. The van der Waals surface area contributed by atoms with Crippen molar-refractivity contribution in [2.45, 2.75) is 19.9 Å². The van der Waals surface area contributed by atoms with Crippen molar-refractivity contribution >= 4 is 12.4 Å². The Morgan fingerprint density at radius 3 is 2.33 bits per heavy atom. The number of hydrogen-bond donors (Lipinski definition) is 4. The summed E-state index contributed by atoms with van der Waals surface area (Å²) >= 11 is 0. The van der Waals surface area contributed by atoms with Gasteiger partial charge in [0.25, 0.3) is 0 Å². The van der Waals surface area contributed by atoms with Crippen molar-refractivity contribution in [1.82, 2.24) is 10.2 Å². The van der Waals surface area contributed by atoms with Gasteiger partial charge in [-0.2, -0.15) is 0 Å². The Bertz CT molecular complexity index is 462. The number of aliphatic hydroxyl groups excluding tert-OH is 1. The van der Waals surface area contributed by atoms with Crippen molar-refractivity contribution < 1.29 is 15.3 Å². The van der Waals surface area contributed by atoms with Gasteiger partial charge in [-0.25, -0.2) is 0 Å². The third kappa shape index (κ3) is 4.01. The third-order valence-electron chi connectivity index (χ3n) is 3.98. The van der Waals surface area contributed by atoms with Crippen molar-refractivity contribution in [2.75, 3.05) is 32.8 Å². The molecule has 1 atom stereocenters. The number of hydrogen-bond acceptors (Lipinski definition) is 5. The van der Waals surface area contributed by atoms with Crippen LogP contribution in [0.4, 0.5) is 0 Å². The van der Waals surface area contributed by atoms with Gasteiger partial charge in [-0.1, -0.05) is 19.9 Å². The summed E-state index contributed by atoms with van der Waals surface area (Å²) in [4.78, 5) is 2.32. The molecular weight excluding hydrogens is 292 g/mol. The van der Waals surface area contributed by atoms with Gasteiger partial charge >= 0.3 is 0 Å². The van der Waals surface area contributed by atoms with Crippen LogP contribution in [0.1, 0.15) is 25.5 Å². The smallest absolute Gasteiger partial charge is 0.157 e. The number of rotatable bonds is 4. The Morgan fingerprint density at radius 1 is 1.19 bits per heavy atom. The van der Waals surface area contributed by atoms with E-state index in [0.29, 0.717) is 0 Å². The molecule has 0 radical (unpaired) electrons. The van der Waals surface area contributed by atoms with Gasteiger partial charge in [-0.3, -0.25) is 4.90 Å². The predicted molar refractivity (Wildman–Crippen MR) is 85.1 cm³/mol. The van der Waals surface area contributed by atoms with E-state index in [-0.39, 0.29) is 42.0 Å². The summed E-state index contributed by atoms with van der Waals surface area (Å²) in [6.45, 7) is 7.73. The van der Waals surface area contributed by atoms with Crippen LogP contribution in [0.3, 0.4) is 0 Å². The van der Waals surface area contributed by atoms with E-state index in [0.717, 1.165) is 31.7 Å². The quantitative estimate of drug-likeness (QED) is 0.633. The van der Waals surface area contributed by atoms with E-state index in [1.54, 1.807) is 6.07 Å². The molecule has 5 nitrogen and oxygen atoms in total. The highest BCUT2D eigenvalue weighted by Crippen LogP contribution is 2.40. The fourth-order valence-electron chi connectivity index (χ4n) is 2.89. The van der Waals surface area contributed by atoms with Crippen LogP contribution in [0.5, 0.6) is 11.5 Å². The van der Waals surface area contributed by atoms with Gasteiger partial charge in [0.1, 0.15) is 0 Å². The number of aromatic hydroxyl groups is 2. The largest absolute Gasteiger partial charge is 0.504 e. The molecule has 0 aliphatic carbocycles. The molecule has 0 unspecified atom stereocenters. The second kappa shape index (κ2) is 7.31. The zero-order chi connectivity index (χ0) is 14.8. The first kappa shape index (κ1) is 18.0. The van der Waals surface area contributed by atoms with E-state index in [9.17, 15) is 15.3 Å². The number of piperazine rings is 1. The highest BCUT2D eigenvalue weighted by Gasteiger charge is 2.35. The van der Waals surface area contributed by atoms with Crippen LogP contribution in [0, 0.1) is 5.41 Å². The predicted octanol–water partition coefficient (Wildman–Crippen LogP) is 1.48. The molecule has 21 heavy (non-hydrogen) atoms. The first-order valence-corrected chi connectivity index (χ1v) is 7.03.